The average molecular weight is 462 g/mol. The molecule has 0 N–H and O–H groups in total. The molecule has 34 heavy (non-hydrogen) atoms. The highest BCUT2D eigenvalue weighted by Crippen LogP contribution is 2.56. The molecule has 4 aliphatic rings. The van der Waals surface area contributed by atoms with Gasteiger partial charge in [0.05, 0.1) is 19.1 Å². The average Bonchev–Trinajstić information content (AvgIpc) is 3.42. The lowest BCUT2D eigenvalue weighted by atomic mass is 9.56. The van der Waals surface area contributed by atoms with Gasteiger partial charge in [-0.2, -0.15) is 0 Å². The topological polar surface area (TPSA) is 65.1 Å². The largest absolute Gasteiger partial charge is 0.462 e. The molecule has 6 heteroatoms. The van der Waals surface area contributed by atoms with Gasteiger partial charge in [0, 0.05) is 36.1 Å². The molecule has 2 aromatic rings. The maximum Gasteiger partial charge on any atom is 0.309 e. The van der Waals surface area contributed by atoms with Crippen molar-refractivity contribution in [2.75, 3.05) is 18.1 Å². The molecule has 2 saturated carbocycles. The van der Waals surface area contributed by atoms with Crippen molar-refractivity contribution < 1.29 is 23.8 Å². The summed E-state index contributed by atoms with van der Waals surface area (Å²) in [5.41, 5.74) is 1.68. The summed E-state index contributed by atoms with van der Waals surface area (Å²) in [7, 11) is 0. The van der Waals surface area contributed by atoms with E-state index in [4.69, 9.17) is 14.2 Å². The monoisotopic (exact) mass is 461 g/mol. The molecular formula is C28H31NO5. The summed E-state index contributed by atoms with van der Waals surface area (Å²) in [4.78, 5) is 29.3. The number of carbonyl (C=O) groups excluding carboxylic acids is 2. The molecule has 0 aromatic heterocycles. The van der Waals surface area contributed by atoms with Gasteiger partial charge in [0.1, 0.15) is 6.10 Å². The van der Waals surface area contributed by atoms with Gasteiger partial charge in [-0.15, -0.1) is 0 Å². The first-order valence-electron chi connectivity index (χ1n) is 12.5. The Morgan fingerprint density at radius 2 is 1.59 bits per heavy atom. The minimum Gasteiger partial charge on any atom is -0.462 e. The van der Waals surface area contributed by atoms with Crippen LogP contribution in [0.25, 0.3) is 0 Å². The zero-order valence-corrected chi connectivity index (χ0v) is 19.5. The van der Waals surface area contributed by atoms with Gasteiger partial charge in [0.25, 0.3) is 0 Å². The first kappa shape index (κ1) is 21.8. The van der Waals surface area contributed by atoms with Crippen LogP contribution in [0.4, 0.5) is 11.4 Å². The summed E-state index contributed by atoms with van der Waals surface area (Å²) >= 11 is 0. The Labute approximate surface area is 200 Å². The van der Waals surface area contributed by atoms with E-state index in [9.17, 15) is 9.59 Å². The molecular weight excluding hydrogens is 430 g/mol. The van der Waals surface area contributed by atoms with Crippen LogP contribution in [0.2, 0.25) is 0 Å². The third kappa shape index (κ3) is 3.55. The molecule has 0 bridgehead atoms. The summed E-state index contributed by atoms with van der Waals surface area (Å²) < 4.78 is 17.8. The fourth-order valence-electron chi connectivity index (χ4n) is 7.06. The predicted octanol–water partition coefficient (Wildman–Crippen LogP) is 4.71. The molecule has 2 aromatic carbocycles. The number of rotatable bonds is 3. The SMILES string of the molecule is C[C@H]1OC(=O)[C@@H]2C[C@@H]3CC4(CC[C@H]3[C@H](C(=O)N(c3ccccc3)c3ccccc3)[C@H]12)OCCO4. The second-order valence-corrected chi connectivity index (χ2v) is 10.2. The number of nitrogens with zero attached hydrogens (tertiary/aromatic N) is 1. The zero-order chi connectivity index (χ0) is 23.3. The van der Waals surface area contributed by atoms with Crippen molar-refractivity contribution in [2.24, 2.45) is 29.6 Å². The second kappa shape index (κ2) is 8.51. The lowest BCUT2D eigenvalue weighted by molar-refractivity contribution is -0.207. The molecule has 0 unspecified atom stereocenters. The predicted molar refractivity (Wildman–Crippen MR) is 126 cm³/mol. The van der Waals surface area contributed by atoms with E-state index in [2.05, 4.69) is 0 Å². The summed E-state index contributed by atoms with van der Waals surface area (Å²) in [6.07, 6.45) is 2.85. The highest BCUT2D eigenvalue weighted by atomic mass is 16.7. The van der Waals surface area contributed by atoms with Crippen molar-refractivity contribution >= 4 is 23.3 Å². The Morgan fingerprint density at radius 1 is 0.971 bits per heavy atom. The fourth-order valence-corrected chi connectivity index (χ4v) is 7.06. The Hall–Kier alpha value is -2.70. The van der Waals surface area contributed by atoms with Crippen LogP contribution >= 0.6 is 0 Å². The number of para-hydroxylation sites is 2. The van der Waals surface area contributed by atoms with Crippen LogP contribution in [0.15, 0.2) is 60.7 Å². The zero-order valence-electron chi connectivity index (χ0n) is 19.5. The van der Waals surface area contributed by atoms with Crippen molar-refractivity contribution in [3.63, 3.8) is 0 Å². The van der Waals surface area contributed by atoms with Gasteiger partial charge in [0.2, 0.25) is 5.91 Å². The van der Waals surface area contributed by atoms with Crippen molar-refractivity contribution in [1.29, 1.82) is 0 Å². The van der Waals surface area contributed by atoms with E-state index in [1.165, 1.54) is 0 Å². The Bertz CT molecular complexity index is 1010. The van der Waals surface area contributed by atoms with E-state index < -0.39 is 5.79 Å². The van der Waals surface area contributed by atoms with Crippen LogP contribution in [0, 0.1) is 29.6 Å². The number of carbonyl (C=O) groups is 2. The number of fused-ring (bicyclic) bond motifs is 2. The Morgan fingerprint density at radius 3 is 2.21 bits per heavy atom. The number of ether oxygens (including phenoxy) is 3. The van der Waals surface area contributed by atoms with Crippen molar-refractivity contribution in [1.82, 2.24) is 0 Å². The van der Waals surface area contributed by atoms with Gasteiger partial charge in [0.15, 0.2) is 5.79 Å². The lowest BCUT2D eigenvalue weighted by Gasteiger charge is -2.50. The third-order valence-corrected chi connectivity index (χ3v) is 8.43. The van der Waals surface area contributed by atoms with Gasteiger partial charge in [-0.3, -0.25) is 14.5 Å². The van der Waals surface area contributed by atoms with Crippen LogP contribution in [-0.4, -0.2) is 37.0 Å². The van der Waals surface area contributed by atoms with Crippen LogP contribution in [0.5, 0.6) is 0 Å². The van der Waals surface area contributed by atoms with Crippen LogP contribution in [0.3, 0.4) is 0 Å². The summed E-state index contributed by atoms with van der Waals surface area (Å²) in [5, 5.41) is 0. The normalized spacial score (nSPS) is 33.7. The highest BCUT2D eigenvalue weighted by Gasteiger charge is 2.60. The summed E-state index contributed by atoms with van der Waals surface area (Å²) in [6, 6.07) is 19.6. The number of benzene rings is 2. The Kier molecular flexibility index (Phi) is 5.46. The smallest absolute Gasteiger partial charge is 0.309 e. The minimum atomic E-state index is -0.547. The van der Waals surface area contributed by atoms with Gasteiger partial charge >= 0.3 is 5.97 Å². The first-order chi connectivity index (χ1) is 16.6. The van der Waals surface area contributed by atoms with E-state index in [0.717, 1.165) is 37.1 Å². The second-order valence-electron chi connectivity index (χ2n) is 10.2. The molecule has 2 aliphatic heterocycles. The molecule has 2 saturated heterocycles. The number of hydrogen-bond donors (Lipinski definition) is 0. The number of anilines is 2. The first-order valence-corrected chi connectivity index (χ1v) is 12.5. The molecule has 0 radical (unpaired) electrons. The molecule has 6 nitrogen and oxygen atoms in total. The van der Waals surface area contributed by atoms with Crippen molar-refractivity contribution in [3.05, 3.63) is 60.7 Å². The minimum absolute atomic E-state index is 0.0523. The Balaban J connectivity index is 1.41. The van der Waals surface area contributed by atoms with Crippen LogP contribution < -0.4 is 4.90 Å². The van der Waals surface area contributed by atoms with E-state index in [-0.39, 0.29) is 47.6 Å². The number of esters is 1. The fraction of sp³-hybridized carbons (Fsp3) is 0.500. The molecule has 2 heterocycles. The molecule has 4 fully saturated rings. The van der Waals surface area contributed by atoms with Crippen LogP contribution in [0.1, 0.15) is 32.6 Å². The summed E-state index contributed by atoms with van der Waals surface area (Å²) in [6.45, 7) is 3.17. The van der Waals surface area contributed by atoms with Crippen molar-refractivity contribution in [3.8, 4) is 0 Å². The van der Waals surface area contributed by atoms with Gasteiger partial charge in [-0.1, -0.05) is 36.4 Å². The van der Waals surface area contributed by atoms with E-state index in [1.807, 2.05) is 72.5 Å². The maximum absolute atomic E-state index is 14.6. The van der Waals surface area contributed by atoms with Crippen LogP contribution in [-0.2, 0) is 23.8 Å². The number of hydrogen-bond acceptors (Lipinski definition) is 5. The van der Waals surface area contributed by atoms with E-state index in [0.29, 0.717) is 13.2 Å². The van der Waals surface area contributed by atoms with Gasteiger partial charge in [-0.25, -0.2) is 0 Å². The number of cyclic esters (lactones) is 1. The quantitative estimate of drug-likeness (QED) is 0.620. The molecule has 1 amide bonds. The van der Waals surface area contributed by atoms with Crippen molar-refractivity contribution in [2.45, 2.75) is 44.5 Å². The lowest BCUT2D eigenvalue weighted by Crippen LogP contribution is -2.54. The standard InChI is InChI=1S/C28H31NO5/c1-18-24-23(27(31)34-18)16-19-17-28(32-14-15-33-28)13-12-22(19)25(24)26(30)29(20-8-4-2-5-9-20)21-10-6-3-7-11-21/h2-11,18-19,22-25H,12-17H2,1H3/t18-,19-,22-,23-,24-,25+/m1/s1. The molecule has 2 aliphatic carbocycles. The molecule has 6 rings (SSSR count). The number of amides is 1. The van der Waals surface area contributed by atoms with Gasteiger partial charge < -0.3 is 14.2 Å². The maximum atomic E-state index is 14.6. The molecule has 178 valence electrons. The van der Waals surface area contributed by atoms with Gasteiger partial charge in [-0.05, 0) is 55.9 Å². The molecule has 1 spiro atoms. The highest BCUT2D eigenvalue weighted by molar-refractivity contribution is 6.02. The summed E-state index contributed by atoms with van der Waals surface area (Å²) in [5.74, 6) is -0.972. The van der Waals surface area contributed by atoms with E-state index >= 15 is 0 Å². The molecule has 6 atom stereocenters. The third-order valence-electron chi connectivity index (χ3n) is 8.43. The van der Waals surface area contributed by atoms with E-state index in [1.54, 1.807) is 0 Å².